The molecule has 0 aliphatic rings. The van der Waals surface area contributed by atoms with Crippen molar-refractivity contribution in [2.75, 3.05) is 0 Å². The van der Waals surface area contributed by atoms with Crippen molar-refractivity contribution in [3.8, 4) is 11.1 Å². The molecule has 40 heavy (non-hydrogen) atoms. The number of halogens is 3. The Morgan fingerprint density at radius 1 is 1.00 bits per heavy atom. The maximum absolute atomic E-state index is 14.2. The Labute approximate surface area is 229 Å². The van der Waals surface area contributed by atoms with Crippen LogP contribution in [0, 0.1) is 24.4 Å². The van der Waals surface area contributed by atoms with Gasteiger partial charge in [-0.25, -0.2) is 31.1 Å². The molecular formula is C29H24F3N3O4S. The number of sulfonamides is 1. The Bertz CT molecular complexity index is 1690. The van der Waals surface area contributed by atoms with Crippen LogP contribution in [0.5, 0.6) is 0 Å². The van der Waals surface area contributed by atoms with Gasteiger partial charge in [0.15, 0.2) is 0 Å². The number of aliphatic hydroxyl groups excluding tert-OH is 1. The van der Waals surface area contributed by atoms with E-state index in [1.807, 2.05) is 4.72 Å². The number of hydrogen-bond donors (Lipinski definition) is 3. The minimum absolute atomic E-state index is 0.101. The van der Waals surface area contributed by atoms with Crippen molar-refractivity contribution in [1.29, 1.82) is 0 Å². The minimum atomic E-state index is -4.27. The number of aliphatic hydroxyl groups is 1. The lowest BCUT2D eigenvalue weighted by atomic mass is 9.94. The van der Waals surface area contributed by atoms with Crippen molar-refractivity contribution < 1.29 is 31.5 Å². The van der Waals surface area contributed by atoms with Gasteiger partial charge in [-0.15, -0.1) is 0 Å². The van der Waals surface area contributed by atoms with Gasteiger partial charge in [-0.05, 0) is 66.4 Å². The fourth-order valence-electron chi connectivity index (χ4n) is 4.26. The van der Waals surface area contributed by atoms with E-state index in [1.54, 1.807) is 31.2 Å². The fraction of sp³-hybridized carbons (Fsp3) is 0.103. The molecule has 7 nitrogen and oxygen atoms in total. The van der Waals surface area contributed by atoms with Crippen LogP contribution in [0.3, 0.4) is 0 Å². The second kappa shape index (κ2) is 11.6. The second-order valence-corrected chi connectivity index (χ2v) is 10.6. The smallest absolute Gasteiger partial charge is 0.329 e. The first-order valence-corrected chi connectivity index (χ1v) is 13.4. The number of aromatic nitrogens is 1. The van der Waals surface area contributed by atoms with Crippen LogP contribution in [0.2, 0.25) is 0 Å². The van der Waals surface area contributed by atoms with Crippen LogP contribution in [0.4, 0.5) is 18.0 Å². The summed E-state index contributed by atoms with van der Waals surface area (Å²) in [4.78, 5) is 17.3. The number of nitrogens with one attached hydrogen (secondary N) is 2. The van der Waals surface area contributed by atoms with E-state index in [1.165, 1.54) is 30.5 Å². The number of benzene rings is 3. The normalized spacial score (nSPS) is 12.0. The van der Waals surface area contributed by atoms with E-state index in [-0.39, 0.29) is 28.1 Å². The van der Waals surface area contributed by atoms with Crippen LogP contribution < -0.4 is 10.0 Å². The standard InChI is InChI=1S/C29H24F3N3O4S/c1-17-6-3-4-8-27(17)40(38,39)35-29(37)34-26(14-19-12-21(30)16-22(31)13-19)28-23(7-5-11-33-28)20-9-10-25(32)24(15-20)18(2)36/h3-13,15-16,26,36H,2,14H2,1H3,(H2,34,35,37)/t26-/m0/s1. The Morgan fingerprint density at radius 2 is 1.70 bits per heavy atom. The molecule has 0 spiro atoms. The molecule has 0 unspecified atom stereocenters. The summed E-state index contributed by atoms with van der Waals surface area (Å²) in [5, 5.41) is 12.3. The zero-order valence-corrected chi connectivity index (χ0v) is 22.0. The van der Waals surface area contributed by atoms with Crippen molar-refractivity contribution in [1.82, 2.24) is 15.0 Å². The first-order valence-electron chi connectivity index (χ1n) is 11.9. The van der Waals surface area contributed by atoms with Crippen LogP contribution in [0.15, 0.2) is 90.5 Å². The van der Waals surface area contributed by atoms with Crippen LogP contribution >= 0.6 is 0 Å². The van der Waals surface area contributed by atoms with E-state index >= 15 is 0 Å². The molecule has 4 rings (SSSR count). The summed E-state index contributed by atoms with van der Waals surface area (Å²) in [6.07, 6.45) is 1.23. The summed E-state index contributed by atoms with van der Waals surface area (Å²) in [5.74, 6) is -2.90. The number of amides is 2. The molecule has 0 aliphatic carbocycles. The van der Waals surface area contributed by atoms with Crippen molar-refractivity contribution in [2.45, 2.75) is 24.3 Å². The second-order valence-electron chi connectivity index (χ2n) is 8.96. The Hall–Kier alpha value is -4.64. The van der Waals surface area contributed by atoms with E-state index < -0.39 is 45.3 Å². The first kappa shape index (κ1) is 28.4. The molecule has 0 aliphatic heterocycles. The maximum atomic E-state index is 14.2. The van der Waals surface area contributed by atoms with Crippen molar-refractivity contribution >= 4 is 21.8 Å². The molecule has 11 heteroatoms. The molecule has 1 heterocycles. The van der Waals surface area contributed by atoms with Gasteiger partial charge in [0.2, 0.25) is 0 Å². The number of aryl methyl sites for hydroxylation is 1. The van der Waals surface area contributed by atoms with Gasteiger partial charge in [0.25, 0.3) is 10.0 Å². The van der Waals surface area contributed by atoms with Crippen molar-refractivity contribution in [2.24, 2.45) is 0 Å². The molecule has 0 fully saturated rings. The van der Waals surface area contributed by atoms with Gasteiger partial charge in [0.05, 0.1) is 22.2 Å². The summed E-state index contributed by atoms with van der Waals surface area (Å²) >= 11 is 0. The number of carbonyl (C=O) groups is 1. The first-order chi connectivity index (χ1) is 18.9. The molecule has 1 aromatic heterocycles. The lowest BCUT2D eigenvalue weighted by molar-refractivity contribution is 0.242. The highest BCUT2D eigenvalue weighted by molar-refractivity contribution is 7.90. The molecule has 0 saturated heterocycles. The molecule has 0 saturated carbocycles. The molecule has 0 bridgehead atoms. The average molecular weight is 568 g/mol. The molecule has 0 radical (unpaired) electrons. The SMILES string of the molecule is C=C(O)c1cc(-c2cccnc2[C@H](Cc2cc(F)cc(F)c2)NC(=O)NS(=O)(=O)c2ccccc2C)ccc1F. The number of pyridine rings is 1. The largest absolute Gasteiger partial charge is 0.508 e. The lowest BCUT2D eigenvalue weighted by Crippen LogP contribution is -2.42. The third kappa shape index (κ3) is 6.49. The highest BCUT2D eigenvalue weighted by Gasteiger charge is 2.25. The van der Waals surface area contributed by atoms with E-state index in [0.29, 0.717) is 22.8 Å². The van der Waals surface area contributed by atoms with Gasteiger partial charge in [-0.1, -0.05) is 36.9 Å². The Balaban J connectivity index is 1.75. The predicted octanol–water partition coefficient (Wildman–Crippen LogP) is 5.97. The molecular weight excluding hydrogens is 543 g/mol. The predicted molar refractivity (Wildman–Crippen MR) is 144 cm³/mol. The topological polar surface area (TPSA) is 108 Å². The number of nitrogens with zero attached hydrogens (tertiary/aromatic N) is 1. The fourth-order valence-corrected chi connectivity index (χ4v) is 5.42. The lowest BCUT2D eigenvalue weighted by Gasteiger charge is -2.22. The molecule has 2 amide bonds. The molecule has 4 aromatic rings. The van der Waals surface area contributed by atoms with Crippen LogP contribution in [0.25, 0.3) is 16.9 Å². The van der Waals surface area contributed by atoms with E-state index in [2.05, 4.69) is 16.9 Å². The summed E-state index contributed by atoms with van der Waals surface area (Å²) < 4.78 is 70.0. The number of urea groups is 1. The van der Waals surface area contributed by atoms with E-state index in [0.717, 1.165) is 18.2 Å². The highest BCUT2D eigenvalue weighted by Crippen LogP contribution is 2.31. The quantitative estimate of drug-likeness (QED) is 0.227. The summed E-state index contributed by atoms with van der Waals surface area (Å²) in [6.45, 7) is 4.94. The van der Waals surface area contributed by atoms with Gasteiger partial charge in [-0.2, -0.15) is 0 Å². The van der Waals surface area contributed by atoms with Crippen LogP contribution in [0.1, 0.15) is 28.4 Å². The number of rotatable bonds is 8. The van der Waals surface area contributed by atoms with Crippen LogP contribution in [-0.4, -0.2) is 24.5 Å². The summed E-state index contributed by atoms with van der Waals surface area (Å²) in [7, 11) is -4.27. The third-order valence-electron chi connectivity index (χ3n) is 6.03. The van der Waals surface area contributed by atoms with Gasteiger partial charge < -0.3 is 10.4 Å². The zero-order valence-electron chi connectivity index (χ0n) is 21.2. The van der Waals surface area contributed by atoms with Gasteiger partial charge in [0.1, 0.15) is 23.2 Å². The Kier molecular flexibility index (Phi) is 8.24. The maximum Gasteiger partial charge on any atom is 0.329 e. The minimum Gasteiger partial charge on any atom is -0.508 e. The van der Waals surface area contributed by atoms with Gasteiger partial charge in [-0.3, -0.25) is 4.98 Å². The molecule has 206 valence electrons. The van der Waals surface area contributed by atoms with Crippen molar-refractivity contribution in [3.63, 3.8) is 0 Å². The number of carbonyl (C=O) groups excluding carboxylic acids is 1. The molecule has 3 N–H and O–H groups in total. The van der Waals surface area contributed by atoms with E-state index in [9.17, 15) is 31.5 Å². The molecule has 1 atom stereocenters. The van der Waals surface area contributed by atoms with Crippen molar-refractivity contribution in [3.05, 3.63) is 125 Å². The third-order valence-corrected chi connectivity index (χ3v) is 7.53. The highest BCUT2D eigenvalue weighted by atomic mass is 32.2. The van der Waals surface area contributed by atoms with Gasteiger partial charge >= 0.3 is 6.03 Å². The Morgan fingerprint density at radius 3 is 2.38 bits per heavy atom. The zero-order chi connectivity index (χ0) is 29.0. The monoisotopic (exact) mass is 567 g/mol. The summed E-state index contributed by atoms with van der Waals surface area (Å²) in [6, 6.07) is 13.8. The molecule has 3 aromatic carbocycles. The van der Waals surface area contributed by atoms with Gasteiger partial charge in [0, 0.05) is 17.8 Å². The number of hydrogen-bond acceptors (Lipinski definition) is 5. The van der Waals surface area contributed by atoms with Crippen LogP contribution in [-0.2, 0) is 16.4 Å². The average Bonchev–Trinajstić information content (AvgIpc) is 2.87. The summed E-state index contributed by atoms with van der Waals surface area (Å²) in [5.41, 5.74) is 1.38. The van der Waals surface area contributed by atoms with E-state index in [4.69, 9.17) is 0 Å².